The predicted octanol–water partition coefficient (Wildman–Crippen LogP) is 4.29. The van der Waals surface area contributed by atoms with Crippen LogP contribution in [0.25, 0.3) is 5.69 Å². The Bertz CT molecular complexity index is 844. The Hall–Kier alpha value is -2.59. The molecule has 24 heavy (non-hydrogen) atoms. The lowest BCUT2D eigenvalue weighted by molar-refractivity contribution is 0.0520. The molecule has 0 saturated carbocycles. The Morgan fingerprint density at radius 3 is 2.67 bits per heavy atom. The number of nitrogens with zero attached hydrogens (tertiary/aromatic N) is 2. The first-order chi connectivity index (χ1) is 11.7. The monoisotopic (exact) mass is 340 g/mol. The zero-order valence-electron chi connectivity index (χ0n) is 13.3. The third-order valence-electron chi connectivity index (χ3n) is 3.55. The summed E-state index contributed by atoms with van der Waals surface area (Å²) in [5.41, 5.74) is 2.26. The Kier molecular flexibility index (Phi) is 4.96. The molecule has 4 nitrogen and oxygen atoms in total. The van der Waals surface area contributed by atoms with Crippen molar-refractivity contribution in [2.75, 3.05) is 6.61 Å². The maximum Gasteiger partial charge on any atom is 0.358 e. The fourth-order valence-electron chi connectivity index (χ4n) is 2.47. The molecule has 3 aromatic rings. The molecule has 0 fully saturated rings. The summed E-state index contributed by atoms with van der Waals surface area (Å²) in [5.74, 6) is 0.333. The largest absolute Gasteiger partial charge is 0.461 e. The van der Waals surface area contributed by atoms with Crippen molar-refractivity contribution in [2.24, 2.45) is 0 Å². The normalized spacial score (nSPS) is 10.6. The van der Waals surface area contributed by atoms with E-state index in [0.717, 1.165) is 17.1 Å². The minimum atomic E-state index is -0.424. The van der Waals surface area contributed by atoms with Gasteiger partial charge in [-0.1, -0.05) is 48.0 Å². The lowest BCUT2D eigenvalue weighted by Gasteiger charge is -2.08. The van der Waals surface area contributed by atoms with E-state index in [4.69, 9.17) is 16.3 Å². The molecule has 1 heterocycles. The van der Waals surface area contributed by atoms with Gasteiger partial charge in [0.15, 0.2) is 5.69 Å². The molecule has 3 rings (SSSR count). The van der Waals surface area contributed by atoms with E-state index in [1.165, 1.54) is 0 Å². The number of esters is 1. The molecule has 0 bridgehead atoms. The number of halogens is 1. The second-order valence-electron chi connectivity index (χ2n) is 5.28. The van der Waals surface area contributed by atoms with Gasteiger partial charge in [-0.25, -0.2) is 9.78 Å². The summed E-state index contributed by atoms with van der Waals surface area (Å²) in [6.07, 6.45) is 2.30. The molecule has 2 aromatic carbocycles. The molecule has 122 valence electrons. The highest BCUT2D eigenvalue weighted by atomic mass is 35.5. The van der Waals surface area contributed by atoms with Gasteiger partial charge in [0.25, 0.3) is 0 Å². The van der Waals surface area contributed by atoms with Gasteiger partial charge < -0.3 is 9.30 Å². The van der Waals surface area contributed by atoms with Crippen LogP contribution in [-0.4, -0.2) is 22.1 Å². The van der Waals surface area contributed by atoms with E-state index >= 15 is 0 Å². The van der Waals surface area contributed by atoms with Crippen LogP contribution >= 0.6 is 11.6 Å². The summed E-state index contributed by atoms with van der Waals surface area (Å²) < 4.78 is 6.95. The highest BCUT2D eigenvalue weighted by Crippen LogP contribution is 2.20. The van der Waals surface area contributed by atoms with E-state index in [9.17, 15) is 4.79 Å². The number of benzene rings is 2. The topological polar surface area (TPSA) is 44.1 Å². The maximum atomic E-state index is 12.0. The van der Waals surface area contributed by atoms with E-state index in [2.05, 4.69) is 4.98 Å². The summed E-state index contributed by atoms with van der Waals surface area (Å²) in [5, 5.41) is 0.629. The van der Waals surface area contributed by atoms with Crippen LogP contribution < -0.4 is 0 Å². The van der Waals surface area contributed by atoms with Gasteiger partial charge in [0, 0.05) is 23.3 Å². The average Bonchev–Trinajstić information content (AvgIpc) is 3.00. The summed E-state index contributed by atoms with van der Waals surface area (Å²) in [7, 11) is 0. The summed E-state index contributed by atoms with van der Waals surface area (Å²) >= 11 is 6.10. The Labute approximate surface area is 145 Å². The first-order valence-corrected chi connectivity index (χ1v) is 8.10. The van der Waals surface area contributed by atoms with Gasteiger partial charge >= 0.3 is 5.97 Å². The summed E-state index contributed by atoms with van der Waals surface area (Å²) in [6, 6.07) is 17.4. The highest BCUT2D eigenvalue weighted by molar-refractivity contribution is 6.30. The van der Waals surface area contributed by atoms with Gasteiger partial charge in [-0.2, -0.15) is 0 Å². The molecule has 1 aromatic heterocycles. The number of hydrogen-bond donors (Lipinski definition) is 0. The number of rotatable bonds is 5. The van der Waals surface area contributed by atoms with Gasteiger partial charge in [-0.05, 0) is 30.7 Å². The zero-order valence-corrected chi connectivity index (χ0v) is 14.0. The molecule has 0 amide bonds. The number of ether oxygens (including phenoxy) is 1. The molecule has 0 aliphatic carbocycles. The lowest BCUT2D eigenvalue weighted by atomic mass is 10.1. The van der Waals surface area contributed by atoms with E-state index in [-0.39, 0.29) is 0 Å². The number of imidazole rings is 1. The molecule has 0 N–H and O–H groups in total. The second kappa shape index (κ2) is 7.32. The Morgan fingerprint density at radius 2 is 1.96 bits per heavy atom. The number of aromatic nitrogens is 2. The SMILES string of the molecule is CCOC(=O)c1cn(-c2cccc(Cl)c2)c(Cc2ccccc2)n1. The molecule has 0 spiro atoms. The van der Waals surface area contributed by atoms with Crippen molar-refractivity contribution < 1.29 is 9.53 Å². The average molecular weight is 341 g/mol. The molecule has 0 saturated heterocycles. The van der Waals surface area contributed by atoms with E-state index in [1.807, 2.05) is 59.2 Å². The summed E-state index contributed by atoms with van der Waals surface area (Å²) in [6.45, 7) is 2.09. The standard InChI is InChI=1S/C19H17ClN2O2/c1-2-24-19(23)17-13-22(16-10-6-9-15(20)12-16)18(21-17)11-14-7-4-3-5-8-14/h3-10,12-13H,2,11H2,1H3. The van der Waals surface area contributed by atoms with Crippen molar-refractivity contribution in [1.82, 2.24) is 9.55 Å². The fourth-order valence-corrected chi connectivity index (χ4v) is 2.66. The Balaban J connectivity index is 2.03. The van der Waals surface area contributed by atoms with Crippen molar-refractivity contribution in [3.8, 4) is 5.69 Å². The molecule has 5 heteroatoms. The minimum Gasteiger partial charge on any atom is -0.461 e. The van der Waals surface area contributed by atoms with Crippen LogP contribution in [0.3, 0.4) is 0 Å². The van der Waals surface area contributed by atoms with Crippen molar-refractivity contribution in [3.05, 3.63) is 82.9 Å². The third-order valence-corrected chi connectivity index (χ3v) is 3.79. The van der Waals surface area contributed by atoms with E-state index < -0.39 is 5.97 Å². The van der Waals surface area contributed by atoms with E-state index in [0.29, 0.717) is 23.7 Å². The van der Waals surface area contributed by atoms with Crippen LogP contribution in [0.15, 0.2) is 60.8 Å². The van der Waals surface area contributed by atoms with Crippen molar-refractivity contribution in [2.45, 2.75) is 13.3 Å². The zero-order chi connectivity index (χ0) is 16.9. The Morgan fingerprint density at radius 1 is 1.17 bits per heavy atom. The highest BCUT2D eigenvalue weighted by Gasteiger charge is 2.16. The molecule has 0 atom stereocenters. The van der Waals surface area contributed by atoms with Crippen LogP contribution in [0.2, 0.25) is 5.02 Å². The molecule has 0 unspecified atom stereocenters. The van der Waals surface area contributed by atoms with Gasteiger partial charge in [0.05, 0.1) is 6.61 Å². The van der Waals surface area contributed by atoms with Crippen LogP contribution in [0, 0.1) is 0 Å². The molecular weight excluding hydrogens is 324 g/mol. The lowest BCUT2D eigenvalue weighted by Crippen LogP contribution is -2.05. The maximum absolute atomic E-state index is 12.0. The quantitative estimate of drug-likeness (QED) is 0.651. The molecular formula is C19H17ClN2O2. The predicted molar refractivity (Wildman–Crippen MR) is 93.8 cm³/mol. The van der Waals surface area contributed by atoms with Crippen molar-refractivity contribution >= 4 is 17.6 Å². The number of carbonyl (C=O) groups excluding carboxylic acids is 1. The third kappa shape index (κ3) is 3.66. The van der Waals surface area contributed by atoms with Crippen LogP contribution in [0.4, 0.5) is 0 Å². The van der Waals surface area contributed by atoms with E-state index in [1.54, 1.807) is 13.1 Å². The first kappa shape index (κ1) is 16.3. The molecule has 0 aliphatic rings. The fraction of sp³-hybridized carbons (Fsp3) is 0.158. The molecule has 0 aliphatic heterocycles. The van der Waals surface area contributed by atoms with Gasteiger partial charge in [0.2, 0.25) is 0 Å². The van der Waals surface area contributed by atoms with Crippen molar-refractivity contribution in [3.63, 3.8) is 0 Å². The number of carbonyl (C=O) groups is 1. The van der Waals surface area contributed by atoms with Crippen molar-refractivity contribution in [1.29, 1.82) is 0 Å². The smallest absolute Gasteiger partial charge is 0.358 e. The van der Waals surface area contributed by atoms with Gasteiger partial charge in [-0.3, -0.25) is 0 Å². The summed E-state index contributed by atoms with van der Waals surface area (Å²) in [4.78, 5) is 16.5. The minimum absolute atomic E-state index is 0.294. The second-order valence-corrected chi connectivity index (χ2v) is 5.71. The molecule has 0 radical (unpaired) electrons. The van der Waals surface area contributed by atoms with Crippen LogP contribution in [-0.2, 0) is 11.2 Å². The van der Waals surface area contributed by atoms with Gasteiger partial charge in [0.1, 0.15) is 5.82 Å². The van der Waals surface area contributed by atoms with Crippen LogP contribution in [0.1, 0.15) is 28.8 Å². The number of hydrogen-bond acceptors (Lipinski definition) is 3. The van der Waals surface area contributed by atoms with Crippen LogP contribution in [0.5, 0.6) is 0 Å². The van der Waals surface area contributed by atoms with Gasteiger partial charge in [-0.15, -0.1) is 0 Å². The first-order valence-electron chi connectivity index (χ1n) is 7.72.